The Labute approximate surface area is 120 Å². The summed E-state index contributed by atoms with van der Waals surface area (Å²) in [6.07, 6.45) is 7.39. The third kappa shape index (κ3) is 1.54. The Morgan fingerprint density at radius 3 is 2.40 bits per heavy atom. The summed E-state index contributed by atoms with van der Waals surface area (Å²) in [5.41, 5.74) is 3.70. The highest BCUT2D eigenvalue weighted by atomic mass is 14.9. The fourth-order valence-corrected chi connectivity index (χ4v) is 5.67. The van der Waals surface area contributed by atoms with E-state index >= 15 is 0 Å². The van der Waals surface area contributed by atoms with Gasteiger partial charge in [-0.25, -0.2) is 4.98 Å². The Kier molecular flexibility index (Phi) is 2.20. The molecule has 4 fully saturated rings. The van der Waals surface area contributed by atoms with Crippen LogP contribution in [0.2, 0.25) is 0 Å². The van der Waals surface area contributed by atoms with Crippen molar-refractivity contribution in [3.8, 4) is 0 Å². The van der Waals surface area contributed by atoms with Crippen LogP contribution in [0.5, 0.6) is 0 Å². The first-order valence-electron chi connectivity index (χ1n) is 8.22. The number of aromatic nitrogens is 2. The normalized spacial score (nSPS) is 38.8. The van der Waals surface area contributed by atoms with Gasteiger partial charge in [0.05, 0.1) is 11.0 Å². The first kappa shape index (κ1) is 11.4. The van der Waals surface area contributed by atoms with E-state index in [-0.39, 0.29) is 0 Å². The standard InChI is InChI=1S/C18H22N2/c1-10-2-3-15-16(4-10)20-18(19-15)17-13-6-11-5-12(8-13)9-14(17)7-11/h2-4,11-14,17H,5-9H2,1H3,(H,19,20). The summed E-state index contributed by atoms with van der Waals surface area (Å²) in [4.78, 5) is 8.60. The number of aryl methyl sites for hydroxylation is 1. The lowest BCUT2D eigenvalue weighted by atomic mass is 9.52. The average Bonchev–Trinajstić information content (AvgIpc) is 2.79. The molecule has 2 aromatic rings. The number of hydrogen-bond acceptors (Lipinski definition) is 1. The van der Waals surface area contributed by atoms with Gasteiger partial charge >= 0.3 is 0 Å². The predicted octanol–water partition coefficient (Wildman–Crippen LogP) is 4.41. The molecule has 4 aliphatic rings. The highest BCUT2D eigenvalue weighted by Gasteiger charge is 2.49. The zero-order valence-corrected chi connectivity index (χ0v) is 12.1. The first-order chi connectivity index (χ1) is 9.76. The van der Waals surface area contributed by atoms with Crippen LogP contribution in [-0.2, 0) is 0 Å². The molecule has 0 amide bonds. The monoisotopic (exact) mass is 266 g/mol. The number of imidazole rings is 1. The van der Waals surface area contributed by atoms with E-state index in [1.807, 2.05) is 0 Å². The molecule has 2 heteroatoms. The van der Waals surface area contributed by atoms with Crippen LogP contribution in [-0.4, -0.2) is 9.97 Å². The minimum atomic E-state index is 0.718. The van der Waals surface area contributed by atoms with Gasteiger partial charge in [0, 0.05) is 5.92 Å². The van der Waals surface area contributed by atoms with E-state index in [4.69, 9.17) is 4.98 Å². The van der Waals surface area contributed by atoms with Crippen LogP contribution in [0.25, 0.3) is 11.0 Å². The van der Waals surface area contributed by atoms with Gasteiger partial charge < -0.3 is 4.98 Å². The van der Waals surface area contributed by atoms with Gasteiger partial charge in [0.15, 0.2) is 0 Å². The first-order valence-corrected chi connectivity index (χ1v) is 8.22. The van der Waals surface area contributed by atoms with Crippen LogP contribution >= 0.6 is 0 Å². The van der Waals surface area contributed by atoms with E-state index in [0.29, 0.717) is 0 Å². The number of hydrogen-bond donors (Lipinski definition) is 1. The minimum absolute atomic E-state index is 0.718. The number of benzene rings is 1. The molecule has 1 heterocycles. The maximum atomic E-state index is 4.94. The number of fused-ring (bicyclic) bond motifs is 1. The summed E-state index contributed by atoms with van der Waals surface area (Å²) in [6, 6.07) is 6.58. The van der Waals surface area contributed by atoms with E-state index in [9.17, 15) is 0 Å². The number of H-pyrrole nitrogens is 1. The van der Waals surface area contributed by atoms with Crippen molar-refractivity contribution in [2.45, 2.75) is 44.9 Å². The Morgan fingerprint density at radius 2 is 1.70 bits per heavy atom. The zero-order chi connectivity index (χ0) is 13.3. The quantitative estimate of drug-likeness (QED) is 0.813. The third-order valence-electron chi connectivity index (χ3n) is 6.20. The second-order valence-corrected chi connectivity index (χ2v) is 7.60. The van der Waals surface area contributed by atoms with Crippen molar-refractivity contribution in [3.05, 3.63) is 29.6 Å². The molecule has 0 spiro atoms. The SMILES string of the molecule is Cc1ccc2nc(C3C4CC5CC(C4)CC3C5)[nH]c2c1. The molecule has 6 rings (SSSR count). The van der Waals surface area contributed by atoms with Crippen molar-refractivity contribution < 1.29 is 0 Å². The Bertz CT molecular complexity index is 641. The van der Waals surface area contributed by atoms with Gasteiger partial charge in [0.1, 0.15) is 5.82 Å². The minimum Gasteiger partial charge on any atom is -0.342 e. The predicted molar refractivity (Wildman–Crippen MR) is 80.6 cm³/mol. The third-order valence-corrected chi connectivity index (χ3v) is 6.20. The summed E-state index contributed by atoms with van der Waals surface area (Å²) in [5.74, 6) is 5.91. The van der Waals surface area contributed by atoms with Gasteiger partial charge in [-0.15, -0.1) is 0 Å². The van der Waals surface area contributed by atoms with Crippen LogP contribution in [0.4, 0.5) is 0 Å². The molecule has 4 bridgehead atoms. The average molecular weight is 266 g/mol. The number of aromatic amines is 1. The van der Waals surface area contributed by atoms with Crippen molar-refractivity contribution in [2.24, 2.45) is 23.7 Å². The van der Waals surface area contributed by atoms with Crippen LogP contribution in [0.15, 0.2) is 18.2 Å². The lowest BCUT2D eigenvalue weighted by molar-refractivity contribution is -0.00528. The zero-order valence-electron chi connectivity index (χ0n) is 12.1. The second kappa shape index (κ2) is 3.87. The van der Waals surface area contributed by atoms with E-state index < -0.39 is 0 Å². The van der Waals surface area contributed by atoms with Crippen LogP contribution in [0, 0.1) is 30.6 Å². The smallest absolute Gasteiger partial charge is 0.110 e. The molecule has 20 heavy (non-hydrogen) atoms. The van der Waals surface area contributed by atoms with Crippen LogP contribution in [0.1, 0.15) is 49.4 Å². The van der Waals surface area contributed by atoms with Crippen LogP contribution < -0.4 is 0 Å². The fraction of sp³-hybridized carbons (Fsp3) is 0.611. The van der Waals surface area contributed by atoms with Gasteiger partial charge in [-0.05, 0) is 80.4 Å². The molecule has 2 nitrogen and oxygen atoms in total. The Morgan fingerprint density at radius 1 is 1.00 bits per heavy atom. The van der Waals surface area contributed by atoms with E-state index in [0.717, 1.165) is 35.1 Å². The maximum absolute atomic E-state index is 4.94. The lowest BCUT2D eigenvalue weighted by Gasteiger charge is -2.53. The Balaban J connectivity index is 1.57. The van der Waals surface area contributed by atoms with E-state index in [1.54, 1.807) is 0 Å². The number of nitrogens with one attached hydrogen (secondary N) is 1. The molecule has 0 atom stereocenters. The maximum Gasteiger partial charge on any atom is 0.110 e. The summed E-state index contributed by atoms with van der Waals surface area (Å²) < 4.78 is 0. The van der Waals surface area contributed by atoms with Crippen molar-refractivity contribution in [3.63, 3.8) is 0 Å². The van der Waals surface area contributed by atoms with Crippen molar-refractivity contribution in [1.29, 1.82) is 0 Å². The Hall–Kier alpha value is -1.31. The second-order valence-electron chi connectivity index (χ2n) is 7.60. The fourth-order valence-electron chi connectivity index (χ4n) is 5.67. The van der Waals surface area contributed by atoms with Crippen LogP contribution in [0.3, 0.4) is 0 Å². The molecule has 1 aromatic heterocycles. The van der Waals surface area contributed by atoms with Gasteiger partial charge in [0.25, 0.3) is 0 Å². The summed E-state index contributed by atoms with van der Waals surface area (Å²) >= 11 is 0. The lowest BCUT2D eigenvalue weighted by Crippen LogP contribution is -2.44. The molecule has 0 aliphatic heterocycles. The largest absolute Gasteiger partial charge is 0.342 e. The molecule has 4 aliphatic carbocycles. The highest BCUT2D eigenvalue weighted by Crippen LogP contribution is 2.59. The summed E-state index contributed by atoms with van der Waals surface area (Å²) in [5, 5.41) is 0. The topological polar surface area (TPSA) is 28.7 Å². The van der Waals surface area contributed by atoms with E-state index in [2.05, 4.69) is 30.1 Å². The molecule has 1 N–H and O–H groups in total. The molecular weight excluding hydrogens is 244 g/mol. The molecule has 104 valence electrons. The van der Waals surface area contributed by atoms with Gasteiger partial charge in [-0.1, -0.05) is 6.07 Å². The van der Waals surface area contributed by atoms with E-state index in [1.165, 1.54) is 49.0 Å². The van der Waals surface area contributed by atoms with Crippen molar-refractivity contribution in [2.75, 3.05) is 0 Å². The molecule has 4 saturated carbocycles. The van der Waals surface area contributed by atoms with Crippen molar-refractivity contribution >= 4 is 11.0 Å². The van der Waals surface area contributed by atoms with Gasteiger partial charge in [-0.3, -0.25) is 0 Å². The molecule has 0 unspecified atom stereocenters. The highest BCUT2D eigenvalue weighted by molar-refractivity contribution is 5.75. The molecule has 0 radical (unpaired) electrons. The van der Waals surface area contributed by atoms with Gasteiger partial charge in [-0.2, -0.15) is 0 Å². The molecular formula is C18H22N2. The summed E-state index contributed by atoms with van der Waals surface area (Å²) in [6.45, 7) is 2.16. The number of rotatable bonds is 1. The summed E-state index contributed by atoms with van der Waals surface area (Å²) in [7, 11) is 0. The van der Waals surface area contributed by atoms with Crippen molar-refractivity contribution in [1.82, 2.24) is 9.97 Å². The molecule has 1 aromatic carbocycles. The molecule has 0 saturated heterocycles. The number of nitrogens with zero attached hydrogens (tertiary/aromatic N) is 1. The van der Waals surface area contributed by atoms with Gasteiger partial charge in [0.2, 0.25) is 0 Å².